The van der Waals surface area contributed by atoms with Gasteiger partial charge in [0.25, 0.3) is 5.69 Å². The van der Waals surface area contributed by atoms with Crippen LogP contribution in [0.4, 0.5) is 10.5 Å². The van der Waals surface area contributed by atoms with E-state index in [-0.39, 0.29) is 12.1 Å². The molecule has 0 aliphatic carbocycles. The number of carboxylic acids is 1. The highest BCUT2D eigenvalue weighted by molar-refractivity contribution is 5.87. The van der Waals surface area contributed by atoms with Gasteiger partial charge in [0.15, 0.2) is 0 Å². The molecule has 1 aromatic heterocycles. The molecule has 0 aliphatic rings. The van der Waals surface area contributed by atoms with E-state index < -0.39 is 28.6 Å². The van der Waals surface area contributed by atoms with Crippen LogP contribution >= 0.6 is 0 Å². The Morgan fingerprint density at radius 1 is 1.40 bits per heavy atom. The van der Waals surface area contributed by atoms with Crippen LogP contribution in [0.2, 0.25) is 0 Å². The minimum Gasteiger partial charge on any atom is -0.480 e. The summed E-state index contributed by atoms with van der Waals surface area (Å²) < 4.78 is 5.07. The molecule has 0 saturated heterocycles. The van der Waals surface area contributed by atoms with Crippen molar-refractivity contribution in [2.45, 2.75) is 38.8 Å². The minimum atomic E-state index is -1.21. The number of non-ortho nitro benzene ring substituents is 1. The molecule has 9 nitrogen and oxygen atoms in total. The second kappa shape index (κ2) is 6.80. The van der Waals surface area contributed by atoms with Crippen molar-refractivity contribution in [3.63, 3.8) is 0 Å². The number of nitrogens with zero attached hydrogens (tertiary/aromatic N) is 1. The van der Waals surface area contributed by atoms with Crippen LogP contribution in [-0.2, 0) is 16.0 Å². The monoisotopic (exact) mass is 349 g/mol. The van der Waals surface area contributed by atoms with Crippen molar-refractivity contribution >= 4 is 28.7 Å². The Hall–Kier alpha value is -3.10. The molecule has 25 heavy (non-hydrogen) atoms. The standard InChI is InChI=1S/C16H19N3O6/c1-16(2,3)25-15(22)18-13(14(20)21)6-9-8-17-12-7-10(19(23)24)4-5-11(9)12/h4-5,7-8,13,17H,6H2,1-3H3,(H,18,22)(H,20,21)/t13-/m1/s1. The van der Waals surface area contributed by atoms with Gasteiger partial charge in [-0.05, 0) is 32.4 Å². The second-order valence-corrected chi connectivity index (χ2v) is 6.54. The van der Waals surface area contributed by atoms with E-state index in [1.54, 1.807) is 33.0 Å². The summed E-state index contributed by atoms with van der Waals surface area (Å²) in [5.74, 6) is -1.21. The van der Waals surface area contributed by atoms with Crippen LogP contribution in [0.3, 0.4) is 0 Å². The Balaban J connectivity index is 2.19. The number of amides is 1. The van der Waals surface area contributed by atoms with Crippen LogP contribution in [-0.4, -0.2) is 38.7 Å². The van der Waals surface area contributed by atoms with Gasteiger partial charge in [-0.3, -0.25) is 10.1 Å². The van der Waals surface area contributed by atoms with Crippen LogP contribution in [0.5, 0.6) is 0 Å². The number of nitro groups is 1. The summed E-state index contributed by atoms with van der Waals surface area (Å²) in [5.41, 5.74) is 0.328. The predicted octanol–water partition coefficient (Wildman–Crippen LogP) is 2.60. The fraction of sp³-hybridized carbons (Fsp3) is 0.375. The Bertz CT molecular complexity index is 821. The van der Waals surface area contributed by atoms with Crippen LogP contribution in [0, 0.1) is 10.1 Å². The maximum atomic E-state index is 11.8. The molecule has 0 saturated carbocycles. The number of benzene rings is 1. The minimum absolute atomic E-state index is 0.00634. The van der Waals surface area contributed by atoms with Gasteiger partial charge in [-0.2, -0.15) is 0 Å². The van der Waals surface area contributed by atoms with Crippen molar-refractivity contribution in [3.05, 3.63) is 40.1 Å². The first kappa shape index (κ1) is 18.2. The van der Waals surface area contributed by atoms with Crippen LogP contribution in [0.15, 0.2) is 24.4 Å². The average Bonchev–Trinajstić information content (AvgIpc) is 2.86. The van der Waals surface area contributed by atoms with E-state index in [1.807, 2.05) is 0 Å². The number of fused-ring (bicyclic) bond motifs is 1. The zero-order chi connectivity index (χ0) is 18.8. The van der Waals surface area contributed by atoms with E-state index >= 15 is 0 Å². The Kier molecular flexibility index (Phi) is 4.96. The number of ether oxygens (including phenoxy) is 1. The van der Waals surface area contributed by atoms with E-state index in [0.717, 1.165) is 0 Å². The SMILES string of the molecule is CC(C)(C)OC(=O)N[C@H](Cc1c[nH]c2cc([N+](=O)[O-])ccc12)C(=O)O. The first-order chi connectivity index (χ1) is 11.6. The number of alkyl carbamates (subject to hydrolysis) is 1. The van der Waals surface area contributed by atoms with E-state index in [0.29, 0.717) is 16.5 Å². The smallest absolute Gasteiger partial charge is 0.408 e. The van der Waals surface area contributed by atoms with Gasteiger partial charge in [-0.15, -0.1) is 0 Å². The number of hydrogen-bond donors (Lipinski definition) is 3. The summed E-state index contributed by atoms with van der Waals surface area (Å²) in [6.45, 7) is 5.03. The number of carbonyl (C=O) groups excluding carboxylic acids is 1. The lowest BCUT2D eigenvalue weighted by Gasteiger charge is -2.21. The molecule has 134 valence electrons. The molecule has 3 N–H and O–H groups in total. The Morgan fingerprint density at radius 2 is 2.08 bits per heavy atom. The van der Waals surface area contributed by atoms with Crippen LogP contribution in [0.25, 0.3) is 10.9 Å². The largest absolute Gasteiger partial charge is 0.480 e. The number of aromatic nitrogens is 1. The molecule has 2 rings (SSSR count). The van der Waals surface area contributed by atoms with Crippen molar-refractivity contribution in [2.75, 3.05) is 0 Å². The highest BCUT2D eigenvalue weighted by atomic mass is 16.6. The molecule has 1 heterocycles. The molecule has 0 spiro atoms. The van der Waals surface area contributed by atoms with Gasteiger partial charge in [0, 0.05) is 30.1 Å². The number of aliphatic carboxylic acids is 1. The predicted molar refractivity (Wildman–Crippen MR) is 89.5 cm³/mol. The summed E-state index contributed by atoms with van der Waals surface area (Å²) in [7, 11) is 0. The number of aromatic amines is 1. The quantitative estimate of drug-likeness (QED) is 0.561. The van der Waals surface area contributed by atoms with Crippen LogP contribution < -0.4 is 5.32 Å². The second-order valence-electron chi connectivity index (χ2n) is 6.54. The maximum Gasteiger partial charge on any atom is 0.408 e. The number of rotatable bonds is 5. The number of nitro benzene ring substituents is 1. The van der Waals surface area contributed by atoms with Gasteiger partial charge >= 0.3 is 12.1 Å². The molecule has 1 aromatic carbocycles. The number of H-pyrrole nitrogens is 1. The highest BCUT2D eigenvalue weighted by Gasteiger charge is 2.25. The Morgan fingerprint density at radius 3 is 2.64 bits per heavy atom. The number of nitrogens with one attached hydrogen (secondary N) is 2. The molecule has 0 radical (unpaired) electrons. The topological polar surface area (TPSA) is 135 Å². The maximum absolute atomic E-state index is 11.8. The summed E-state index contributed by atoms with van der Waals surface area (Å²) in [6, 6.07) is 3.07. The normalized spacial score (nSPS) is 12.6. The van der Waals surface area contributed by atoms with Crippen molar-refractivity contribution in [1.29, 1.82) is 0 Å². The third kappa shape index (κ3) is 4.69. The number of carboxylic acid groups (broad SMARTS) is 1. The molecule has 0 fully saturated rings. The lowest BCUT2D eigenvalue weighted by atomic mass is 10.0. The van der Waals surface area contributed by atoms with Crippen LogP contribution in [0.1, 0.15) is 26.3 Å². The Labute approximate surface area is 143 Å². The van der Waals surface area contributed by atoms with Gasteiger partial charge in [-0.25, -0.2) is 9.59 Å². The third-order valence-electron chi connectivity index (χ3n) is 3.37. The molecule has 0 unspecified atom stereocenters. The van der Waals surface area contributed by atoms with E-state index in [9.17, 15) is 24.8 Å². The van der Waals surface area contributed by atoms with Crippen molar-refractivity contribution in [1.82, 2.24) is 10.3 Å². The summed E-state index contributed by atoms with van der Waals surface area (Å²) >= 11 is 0. The van der Waals surface area contributed by atoms with Gasteiger partial charge < -0.3 is 20.1 Å². The lowest BCUT2D eigenvalue weighted by molar-refractivity contribution is -0.384. The fourth-order valence-electron chi connectivity index (χ4n) is 2.33. The average molecular weight is 349 g/mol. The highest BCUT2D eigenvalue weighted by Crippen LogP contribution is 2.24. The molecular formula is C16H19N3O6. The molecule has 0 bridgehead atoms. The summed E-state index contributed by atoms with van der Waals surface area (Å²) in [5, 5.41) is 23.1. The zero-order valence-corrected chi connectivity index (χ0v) is 14.0. The van der Waals surface area contributed by atoms with Crippen molar-refractivity contribution < 1.29 is 24.4 Å². The molecule has 9 heteroatoms. The molecular weight excluding hydrogens is 330 g/mol. The third-order valence-corrected chi connectivity index (χ3v) is 3.37. The summed E-state index contributed by atoms with van der Waals surface area (Å²) in [4.78, 5) is 36.4. The fourth-order valence-corrected chi connectivity index (χ4v) is 2.33. The van der Waals surface area contributed by atoms with Crippen molar-refractivity contribution in [2.24, 2.45) is 0 Å². The number of carbonyl (C=O) groups is 2. The molecule has 0 aliphatic heterocycles. The van der Waals surface area contributed by atoms with Crippen molar-refractivity contribution in [3.8, 4) is 0 Å². The van der Waals surface area contributed by atoms with Gasteiger partial charge in [0.05, 0.1) is 10.4 Å². The van der Waals surface area contributed by atoms with Gasteiger partial charge in [0.1, 0.15) is 11.6 Å². The van der Waals surface area contributed by atoms with E-state index in [1.165, 1.54) is 12.1 Å². The summed E-state index contributed by atoms with van der Waals surface area (Å²) in [6.07, 6.45) is 0.753. The van der Waals surface area contributed by atoms with Gasteiger partial charge in [-0.1, -0.05) is 0 Å². The van der Waals surface area contributed by atoms with Gasteiger partial charge in [0.2, 0.25) is 0 Å². The zero-order valence-electron chi connectivity index (χ0n) is 14.0. The molecule has 2 aromatic rings. The first-order valence-corrected chi connectivity index (χ1v) is 7.53. The number of hydrogen-bond acceptors (Lipinski definition) is 5. The molecule has 1 amide bonds. The van der Waals surface area contributed by atoms with E-state index in [4.69, 9.17) is 4.74 Å². The molecule has 1 atom stereocenters. The van der Waals surface area contributed by atoms with E-state index in [2.05, 4.69) is 10.3 Å². The lowest BCUT2D eigenvalue weighted by Crippen LogP contribution is -2.44. The first-order valence-electron chi connectivity index (χ1n) is 7.53.